The zero-order valence-electron chi connectivity index (χ0n) is 21.7. The molecule has 0 amide bonds. The molecular weight excluding hydrogens is 557 g/mol. The summed E-state index contributed by atoms with van der Waals surface area (Å²) in [7, 11) is -1.33. The molecule has 0 spiro atoms. The molecule has 14 heteroatoms. The number of rotatable bonds is 8. The molecule has 1 aliphatic heterocycles. The molecule has 0 unspecified atom stereocenters. The van der Waals surface area contributed by atoms with Crippen LogP contribution < -0.4 is 9.62 Å². The summed E-state index contributed by atoms with van der Waals surface area (Å²) in [6, 6.07) is 8.10. The minimum Gasteiger partial charge on any atom is -0.391 e. The van der Waals surface area contributed by atoms with Gasteiger partial charge in [0.15, 0.2) is 10.7 Å². The molecule has 1 aliphatic rings. The number of aryl methyl sites for hydroxylation is 1. The van der Waals surface area contributed by atoms with Gasteiger partial charge in [-0.3, -0.25) is 9.62 Å². The fourth-order valence-corrected chi connectivity index (χ4v) is 6.16. The molecule has 0 radical (unpaired) electrons. The zero-order chi connectivity index (χ0) is 29.3. The number of alkyl halides is 3. The fraction of sp³-hybridized carbons (Fsp3) is 0.385. The molecule has 8 nitrogen and oxygen atoms in total. The Morgan fingerprint density at radius 1 is 1.18 bits per heavy atom. The Morgan fingerprint density at radius 3 is 2.58 bits per heavy atom. The number of piperidine rings is 1. The standard InChI is InChI=1S/C26H28F5N5O3S/c1-35(2)25(11-8-17-4-3-5-18(14-17)26(29,30)31)15-36(13-10-21(25)37)20-7-6-19(27)24(23(20)28)40(38,39)34-22-9-12-32-16-33-22/h3-7,9,12,14,16,21,37H,8,10-11,13,15H2,1-2H3,(H,32,33,34)/t21-,25+/m1/s1. The van der Waals surface area contributed by atoms with Gasteiger partial charge in [-0.1, -0.05) is 18.2 Å². The fourth-order valence-electron chi connectivity index (χ4n) is 4.99. The van der Waals surface area contributed by atoms with Crippen molar-refractivity contribution >= 4 is 21.5 Å². The molecule has 1 saturated heterocycles. The number of aliphatic hydroxyl groups excluding tert-OH is 1. The maximum atomic E-state index is 15.8. The predicted octanol–water partition coefficient (Wildman–Crippen LogP) is 4.08. The van der Waals surface area contributed by atoms with Crippen LogP contribution in [0, 0.1) is 11.6 Å². The maximum absolute atomic E-state index is 15.8. The summed E-state index contributed by atoms with van der Waals surface area (Å²) in [6.45, 7) is 0.128. The van der Waals surface area contributed by atoms with Gasteiger partial charge in [0.1, 0.15) is 18.0 Å². The van der Waals surface area contributed by atoms with E-state index in [1.54, 1.807) is 25.1 Å². The monoisotopic (exact) mass is 585 g/mol. The Hall–Kier alpha value is -3.36. The number of anilines is 2. The summed E-state index contributed by atoms with van der Waals surface area (Å²) >= 11 is 0. The van der Waals surface area contributed by atoms with Gasteiger partial charge in [0.05, 0.1) is 22.9 Å². The number of hydrogen-bond donors (Lipinski definition) is 2. The number of halogens is 5. The number of likely N-dealkylation sites (N-methyl/N-ethyl adjacent to an activating group) is 1. The van der Waals surface area contributed by atoms with E-state index in [-0.39, 0.29) is 43.9 Å². The normalized spacial score (nSPS) is 20.1. The molecule has 2 aromatic carbocycles. The zero-order valence-corrected chi connectivity index (χ0v) is 22.5. The minimum atomic E-state index is -4.72. The van der Waals surface area contributed by atoms with Crippen LogP contribution in [0.25, 0.3) is 0 Å². The summed E-state index contributed by atoms with van der Waals surface area (Å²) in [5.41, 5.74) is -1.60. The number of nitrogens with zero attached hydrogens (tertiary/aromatic N) is 4. The van der Waals surface area contributed by atoms with Crippen LogP contribution >= 0.6 is 0 Å². The van der Waals surface area contributed by atoms with Crippen LogP contribution in [0.4, 0.5) is 33.5 Å². The van der Waals surface area contributed by atoms with Crippen molar-refractivity contribution in [1.29, 1.82) is 0 Å². The average Bonchev–Trinajstić information content (AvgIpc) is 2.88. The molecule has 4 rings (SSSR count). The molecule has 2 N–H and O–H groups in total. The van der Waals surface area contributed by atoms with Crippen LogP contribution in [0.15, 0.2) is 59.9 Å². The summed E-state index contributed by atoms with van der Waals surface area (Å²) in [5, 5.41) is 11.1. The van der Waals surface area contributed by atoms with E-state index < -0.39 is 49.9 Å². The van der Waals surface area contributed by atoms with E-state index >= 15 is 4.39 Å². The van der Waals surface area contributed by atoms with Crippen molar-refractivity contribution in [3.05, 3.63) is 77.8 Å². The third kappa shape index (κ3) is 6.03. The van der Waals surface area contributed by atoms with Gasteiger partial charge in [0.25, 0.3) is 10.0 Å². The lowest BCUT2D eigenvalue weighted by molar-refractivity contribution is -0.137. The third-order valence-electron chi connectivity index (χ3n) is 7.21. The molecule has 0 bridgehead atoms. The van der Waals surface area contributed by atoms with Gasteiger partial charge in [-0.05, 0) is 63.2 Å². The Balaban J connectivity index is 1.64. The van der Waals surface area contributed by atoms with E-state index in [0.29, 0.717) is 5.56 Å². The van der Waals surface area contributed by atoms with Gasteiger partial charge >= 0.3 is 6.18 Å². The highest BCUT2D eigenvalue weighted by atomic mass is 32.2. The first-order valence-corrected chi connectivity index (χ1v) is 13.8. The Bertz CT molecular complexity index is 1460. The highest BCUT2D eigenvalue weighted by Crippen LogP contribution is 2.37. The second-order valence-corrected chi connectivity index (χ2v) is 11.5. The molecule has 3 aromatic rings. The second kappa shape index (κ2) is 11.3. The van der Waals surface area contributed by atoms with E-state index in [9.17, 15) is 31.1 Å². The molecule has 0 aliphatic carbocycles. The van der Waals surface area contributed by atoms with Crippen molar-refractivity contribution in [2.45, 2.75) is 42.0 Å². The Morgan fingerprint density at radius 2 is 1.93 bits per heavy atom. The Kier molecular flexibility index (Phi) is 8.33. The molecule has 2 heterocycles. The van der Waals surface area contributed by atoms with Crippen LogP contribution in [0.5, 0.6) is 0 Å². The van der Waals surface area contributed by atoms with E-state index in [1.165, 1.54) is 23.2 Å². The summed E-state index contributed by atoms with van der Waals surface area (Å²) in [6.07, 6.45) is -2.55. The lowest BCUT2D eigenvalue weighted by atomic mass is 9.79. The lowest BCUT2D eigenvalue weighted by Gasteiger charge is -2.51. The van der Waals surface area contributed by atoms with Gasteiger partial charge in [0.2, 0.25) is 0 Å². The maximum Gasteiger partial charge on any atom is 0.416 e. The van der Waals surface area contributed by atoms with Gasteiger partial charge in [-0.15, -0.1) is 0 Å². The number of hydrogen-bond acceptors (Lipinski definition) is 7. The first-order valence-electron chi connectivity index (χ1n) is 12.3. The number of nitrogens with one attached hydrogen (secondary N) is 1. The molecule has 1 fully saturated rings. The van der Waals surface area contributed by atoms with Crippen LogP contribution in [-0.2, 0) is 22.6 Å². The number of sulfonamides is 1. The molecule has 0 saturated carbocycles. The highest BCUT2D eigenvalue weighted by Gasteiger charge is 2.45. The molecule has 216 valence electrons. The first kappa shape index (κ1) is 29.6. The van der Waals surface area contributed by atoms with Crippen molar-refractivity contribution in [1.82, 2.24) is 14.9 Å². The van der Waals surface area contributed by atoms with Crippen molar-refractivity contribution in [2.75, 3.05) is 36.8 Å². The van der Waals surface area contributed by atoms with E-state index in [2.05, 4.69) is 9.97 Å². The number of aliphatic hydroxyl groups is 1. The van der Waals surface area contributed by atoms with Gasteiger partial charge in [-0.25, -0.2) is 27.2 Å². The van der Waals surface area contributed by atoms with Crippen LogP contribution in [0.1, 0.15) is 24.0 Å². The van der Waals surface area contributed by atoms with Crippen molar-refractivity contribution in [3.8, 4) is 0 Å². The van der Waals surface area contributed by atoms with Crippen LogP contribution in [0.3, 0.4) is 0 Å². The molecule has 1 aromatic heterocycles. The average molecular weight is 586 g/mol. The number of benzene rings is 2. The van der Waals surface area contributed by atoms with Crippen molar-refractivity contribution in [3.63, 3.8) is 0 Å². The quantitative estimate of drug-likeness (QED) is 0.385. The molecular formula is C26H28F5N5O3S. The van der Waals surface area contributed by atoms with E-state index in [4.69, 9.17) is 0 Å². The summed E-state index contributed by atoms with van der Waals surface area (Å²) in [4.78, 5) is 9.44. The van der Waals surface area contributed by atoms with Crippen LogP contribution in [0.2, 0.25) is 0 Å². The van der Waals surface area contributed by atoms with E-state index in [0.717, 1.165) is 30.6 Å². The minimum absolute atomic E-state index is 0.00150. The predicted molar refractivity (Wildman–Crippen MR) is 138 cm³/mol. The van der Waals surface area contributed by atoms with Crippen LogP contribution in [-0.4, -0.2) is 67.2 Å². The highest BCUT2D eigenvalue weighted by molar-refractivity contribution is 7.92. The smallest absolute Gasteiger partial charge is 0.391 e. The molecule has 40 heavy (non-hydrogen) atoms. The first-order chi connectivity index (χ1) is 18.7. The summed E-state index contributed by atoms with van der Waals surface area (Å²) < 4.78 is 98.0. The lowest BCUT2D eigenvalue weighted by Crippen LogP contribution is -2.64. The summed E-state index contributed by atoms with van der Waals surface area (Å²) in [5.74, 6) is -2.80. The van der Waals surface area contributed by atoms with Crippen molar-refractivity contribution in [2.24, 2.45) is 0 Å². The SMILES string of the molecule is CN(C)[C@@]1(CCc2cccc(C(F)(F)F)c2)CN(c2ccc(F)c(S(=O)(=O)Nc3ccncn3)c2F)CC[C@H]1O. The van der Waals surface area contributed by atoms with Gasteiger partial charge in [-0.2, -0.15) is 13.2 Å². The largest absolute Gasteiger partial charge is 0.416 e. The second-order valence-electron chi connectivity index (χ2n) is 9.83. The number of aromatic nitrogens is 2. The molecule has 2 atom stereocenters. The van der Waals surface area contributed by atoms with Gasteiger partial charge < -0.3 is 10.0 Å². The Labute approximate surface area is 228 Å². The van der Waals surface area contributed by atoms with Crippen molar-refractivity contribution < 1.29 is 35.5 Å². The topological polar surface area (TPSA) is 98.7 Å². The van der Waals surface area contributed by atoms with E-state index in [1.807, 2.05) is 4.72 Å². The third-order valence-corrected chi connectivity index (χ3v) is 8.60. The van der Waals surface area contributed by atoms with Gasteiger partial charge in [0, 0.05) is 19.3 Å².